The van der Waals surface area contributed by atoms with Gasteiger partial charge in [0.1, 0.15) is 17.5 Å². The number of aliphatic hydroxyl groups is 1. The number of hydrogen-bond donors (Lipinski definition) is 3. The third-order valence-electron chi connectivity index (χ3n) is 4.07. The molecular formula is C15H26N4O. The summed E-state index contributed by atoms with van der Waals surface area (Å²) in [4.78, 5) is 8.98. The highest BCUT2D eigenvalue weighted by atomic mass is 16.3. The number of aromatic nitrogens is 2. The van der Waals surface area contributed by atoms with Crippen LogP contribution in [0, 0.1) is 19.8 Å². The van der Waals surface area contributed by atoms with Gasteiger partial charge in [0.2, 0.25) is 0 Å². The maximum atomic E-state index is 9.52. The molecule has 0 amide bonds. The van der Waals surface area contributed by atoms with E-state index in [1.54, 1.807) is 0 Å². The second-order valence-corrected chi connectivity index (χ2v) is 5.60. The minimum Gasteiger partial charge on any atom is -0.396 e. The monoisotopic (exact) mass is 278 g/mol. The highest BCUT2D eigenvalue weighted by Crippen LogP contribution is 2.28. The molecule has 1 fully saturated rings. The van der Waals surface area contributed by atoms with Gasteiger partial charge < -0.3 is 15.7 Å². The van der Waals surface area contributed by atoms with Crippen LogP contribution in [0.4, 0.5) is 11.6 Å². The topological polar surface area (TPSA) is 70.1 Å². The smallest absolute Gasteiger partial charge is 0.134 e. The maximum absolute atomic E-state index is 9.52. The Morgan fingerprint density at radius 3 is 2.55 bits per heavy atom. The SMILES string of the molecule is CCNc1nc(C)nc(NC2CCCCC2CO)c1C. The van der Waals surface area contributed by atoms with Gasteiger partial charge in [-0.3, -0.25) is 0 Å². The average Bonchev–Trinajstić information content (AvgIpc) is 2.44. The largest absolute Gasteiger partial charge is 0.396 e. The summed E-state index contributed by atoms with van der Waals surface area (Å²) < 4.78 is 0. The molecule has 0 aromatic carbocycles. The average molecular weight is 278 g/mol. The molecule has 20 heavy (non-hydrogen) atoms. The van der Waals surface area contributed by atoms with E-state index in [0.717, 1.165) is 42.4 Å². The van der Waals surface area contributed by atoms with E-state index in [4.69, 9.17) is 0 Å². The minimum atomic E-state index is 0.251. The van der Waals surface area contributed by atoms with Crippen molar-refractivity contribution in [3.05, 3.63) is 11.4 Å². The third kappa shape index (κ3) is 3.39. The van der Waals surface area contributed by atoms with Gasteiger partial charge >= 0.3 is 0 Å². The molecule has 1 heterocycles. The van der Waals surface area contributed by atoms with Crippen LogP contribution in [0.15, 0.2) is 0 Å². The number of nitrogens with zero attached hydrogens (tertiary/aromatic N) is 2. The van der Waals surface area contributed by atoms with Crippen molar-refractivity contribution in [2.24, 2.45) is 5.92 Å². The van der Waals surface area contributed by atoms with Crippen LogP contribution in [0.25, 0.3) is 0 Å². The van der Waals surface area contributed by atoms with E-state index in [0.29, 0.717) is 12.0 Å². The van der Waals surface area contributed by atoms with E-state index < -0.39 is 0 Å². The van der Waals surface area contributed by atoms with Gasteiger partial charge in [0.15, 0.2) is 0 Å². The molecule has 3 N–H and O–H groups in total. The zero-order valence-corrected chi connectivity index (χ0v) is 12.7. The van der Waals surface area contributed by atoms with Gasteiger partial charge in [-0.2, -0.15) is 0 Å². The molecule has 1 saturated carbocycles. The molecule has 2 rings (SSSR count). The van der Waals surface area contributed by atoms with Crippen molar-refractivity contribution in [1.82, 2.24) is 9.97 Å². The van der Waals surface area contributed by atoms with Gasteiger partial charge in [-0.15, -0.1) is 0 Å². The molecule has 0 spiro atoms. The molecule has 0 radical (unpaired) electrons. The zero-order chi connectivity index (χ0) is 14.5. The summed E-state index contributed by atoms with van der Waals surface area (Å²) in [5.41, 5.74) is 1.06. The van der Waals surface area contributed by atoms with Crippen LogP contribution in [0.2, 0.25) is 0 Å². The number of aliphatic hydroxyl groups excluding tert-OH is 1. The molecular weight excluding hydrogens is 252 g/mol. The first-order chi connectivity index (χ1) is 9.65. The predicted octanol–water partition coefficient (Wildman–Crippen LogP) is 2.49. The molecule has 0 aliphatic heterocycles. The summed E-state index contributed by atoms with van der Waals surface area (Å²) in [5, 5.41) is 16.3. The highest BCUT2D eigenvalue weighted by molar-refractivity contribution is 5.57. The Labute approximate surface area is 121 Å². The summed E-state index contributed by atoms with van der Waals surface area (Å²) in [7, 11) is 0. The highest BCUT2D eigenvalue weighted by Gasteiger charge is 2.25. The molecule has 1 aliphatic carbocycles. The van der Waals surface area contributed by atoms with E-state index >= 15 is 0 Å². The summed E-state index contributed by atoms with van der Waals surface area (Å²) in [6.45, 7) is 7.11. The van der Waals surface area contributed by atoms with Gasteiger partial charge in [-0.25, -0.2) is 9.97 Å². The van der Waals surface area contributed by atoms with Crippen molar-refractivity contribution >= 4 is 11.6 Å². The molecule has 5 nitrogen and oxygen atoms in total. The lowest BCUT2D eigenvalue weighted by molar-refractivity contribution is 0.178. The fourth-order valence-corrected chi connectivity index (χ4v) is 2.90. The van der Waals surface area contributed by atoms with E-state index in [1.807, 2.05) is 13.8 Å². The van der Waals surface area contributed by atoms with Crippen LogP contribution >= 0.6 is 0 Å². The number of hydrogen-bond acceptors (Lipinski definition) is 5. The molecule has 1 aliphatic rings. The van der Waals surface area contributed by atoms with E-state index in [9.17, 15) is 5.11 Å². The molecule has 2 atom stereocenters. The van der Waals surface area contributed by atoms with Crippen molar-refractivity contribution in [2.45, 2.75) is 52.5 Å². The second kappa shape index (κ2) is 6.88. The summed E-state index contributed by atoms with van der Waals surface area (Å²) in [6.07, 6.45) is 4.63. The van der Waals surface area contributed by atoms with Crippen LogP contribution < -0.4 is 10.6 Å². The Bertz CT molecular complexity index is 450. The lowest BCUT2D eigenvalue weighted by Gasteiger charge is -2.31. The Balaban J connectivity index is 2.19. The van der Waals surface area contributed by atoms with Crippen molar-refractivity contribution in [2.75, 3.05) is 23.8 Å². The fraction of sp³-hybridized carbons (Fsp3) is 0.733. The van der Waals surface area contributed by atoms with Crippen LogP contribution in [-0.2, 0) is 0 Å². The fourth-order valence-electron chi connectivity index (χ4n) is 2.90. The molecule has 0 bridgehead atoms. The number of nitrogens with one attached hydrogen (secondary N) is 2. The standard InChI is InChI=1S/C15H26N4O/c1-4-16-14-10(2)15(18-11(3)17-14)19-13-8-6-5-7-12(13)9-20/h12-13,20H,4-9H2,1-3H3,(H2,16,17,18,19). The van der Waals surface area contributed by atoms with Crippen LogP contribution in [0.1, 0.15) is 44.0 Å². The minimum absolute atomic E-state index is 0.251. The molecule has 1 aromatic heterocycles. The predicted molar refractivity (Wildman–Crippen MR) is 82.1 cm³/mol. The van der Waals surface area contributed by atoms with E-state index in [1.165, 1.54) is 12.8 Å². The Kier molecular flexibility index (Phi) is 5.17. The van der Waals surface area contributed by atoms with Gasteiger partial charge in [-0.05, 0) is 33.6 Å². The molecule has 5 heteroatoms. The van der Waals surface area contributed by atoms with E-state index in [2.05, 4.69) is 27.5 Å². The van der Waals surface area contributed by atoms with Crippen molar-refractivity contribution in [3.8, 4) is 0 Å². The summed E-state index contributed by atoms with van der Waals surface area (Å²) >= 11 is 0. The quantitative estimate of drug-likeness (QED) is 0.772. The van der Waals surface area contributed by atoms with Gasteiger partial charge in [0.05, 0.1) is 0 Å². The molecule has 112 valence electrons. The number of rotatable bonds is 5. The van der Waals surface area contributed by atoms with Gasteiger partial charge in [0.25, 0.3) is 0 Å². The lowest BCUT2D eigenvalue weighted by atomic mass is 9.85. The summed E-state index contributed by atoms with van der Waals surface area (Å²) in [6, 6.07) is 0.316. The zero-order valence-electron chi connectivity index (χ0n) is 12.7. The Hall–Kier alpha value is -1.36. The first kappa shape index (κ1) is 15.0. The first-order valence-electron chi connectivity index (χ1n) is 7.62. The number of anilines is 2. The van der Waals surface area contributed by atoms with Crippen molar-refractivity contribution in [3.63, 3.8) is 0 Å². The summed E-state index contributed by atoms with van der Waals surface area (Å²) in [5.74, 6) is 2.91. The number of aryl methyl sites for hydroxylation is 1. The normalized spacial score (nSPS) is 22.6. The third-order valence-corrected chi connectivity index (χ3v) is 4.07. The maximum Gasteiger partial charge on any atom is 0.134 e. The lowest BCUT2D eigenvalue weighted by Crippen LogP contribution is -2.35. The van der Waals surface area contributed by atoms with Gasteiger partial charge in [0, 0.05) is 30.7 Å². The van der Waals surface area contributed by atoms with Crippen molar-refractivity contribution in [1.29, 1.82) is 0 Å². The van der Waals surface area contributed by atoms with Crippen LogP contribution in [0.3, 0.4) is 0 Å². The molecule has 0 saturated heterocycles. The molecule has 2 unspecified atom stereocenters. The van der Waals surface area contributed by atoms with Crippen molar-refractivity contribution < 1.29 is 5.11 Å². The second-order valence-electron chi connectivity index (χ2n) is 5.60. The van der Waals surface area contributed by atoms with Gasteiger partial charge in [-0.1, -0.05) is 12.8 Å². The Morgan fingerprint density at radius 1 is 1.15 bits per heavy atom. The first-order valence-corrected chi connectivity index (χ1v) is 7.62. The van der Waals surface area contributed by atoms with Crippen LogP contribution in [-0.4, -0.2) is 34.3 Å². The van der Waals surface area contributed by atoms with Crippen LogP contribution in [0.5, 0.6) is 0 Å². The Morgan fingerprint density at radius 2 is 1.85 bits per heavy atom. The van der Waals surface area contributed by atoms with E-state index in [-0.39, 0.29) is 6.61 Å². The molecule has 1 aromatic rings.